The van der Waals surface area contributed by atoms with Gasteiger partial charge in [0.25, 0.3) is 5.91 Å². The molecular formula is C13H16BrNO3S. The first kappa shape index (κ1) is 16.0. The molecular weight excluding hydrogens is 330 g/mol. The minimum atomic E-state index is -1.01. The lowest BCUT2D eigenvalue weighted by molar-refractivity contribution is -0.139. The minimum absolute atomic E-state index is 0.363. The summed E-state index contributed by atoms with van der Waals surface area (Å²) in [6.45, 7) is 1.88. The van der Waals surface area contributed by atoms with Gasteiger partial charge in [-0.1, -0.05) is 15.9 Å². The van der Waals surface area contributed by atoms with Crippen molar-refractivity contribution in [2.75, 3.05) is 12.0 Å². The minimum Gasteiger partial charge on any atom is -0.480 e. The van der Waals surface area contributed by atoms with E-state index in [4.69, 9.17) is 5.11 Å². The van der Waals surface area contributed by atoms with Crippen molar-refractivity contribution in [2.45, 2.75) is 19.4 Å². The van der Waals surface area contributed by atoms with Crippen molar-refractivity contribution in [3.63, 3.8) is 0 Å². The van der Waals surface area contributed by atoms with Crippen LogP contribution in [-0.2, 0) is 4.79 Å². The fraction of sp³-hybridized carbons (Fsp3) is 0.385. The summed E-state index contributed by atoms with van der Waals surface area (Å²) in [5.41, 5.74) is 1.40. The van der Waals surface area contributed by atoms with Crippen molar-refractivity contribution >= 4 is 39.6 Å². The predicted molar refractivity (Wildman–Crippen MR) is 80.8 cm³/mol. The van der Waals surface area contributed by atoms with Crippen LogP contribution in [0.1, 0.15) is 22.3 Å². The summed E-state index contributed by atoms with van der Waals surface area (Å²) in [6.07, 6.45) is 2.31. The molecule has 4 nitrogen and oxygen atoms in total. The van der Waals surface area contributed by atoms with Gasteiger partial charge in [0.1, 0.15) is 6.04 Å². The van der Waals surface area contributed by atoms with Crippen LogP contribution in [0, 0.1) is 6.92 Å². The number of aliphatic carboxylic acids is 1. The predicted octanol–water partition coefficient (Wildman–Crippen LogP) is 2.69. The molecule has 0 aliphatic rings. The fourth-order valence-corrected chi connectivity index (χ4v) is 2.68. The molecule has 0 aliphatic carbocycles. The van der Waals surface area contributed by atoms with Crippen LogP contribution >= 0.6 is 27.7 Å². The lowest BCUT2D eigenvalue weighted by atomic mass is 10.1. The van der Waals surface area contributed by atoms with Gasteiger partial charge in [0.15, 0.2) is 0 Å². The molecule has 1 aromatic carbocycles. The van der Waals surface area contributed by atoms with Crippen LogP contribution in [0.25, 0.3) is 0 Å². The Kier molecular flexibility index (Phi) is 6.37. The van der Waals surface area contributed by atoms with E-state index in [1.54, 1.807) is 23.9 Å². The molecule has 0 saturated heterocycles. The van der Waals surface area contributed by atoms with Crippen molar-refractivity contribution in [1.82, 2.24) is 5.32 Å². The van der Waals surface area contributed by atoms with Crippen LogP contribution < -0.4 is 5.32 Å². The van der Waals surface area contributed by atoms with Gasteiger partial charge in [-0.15, -0.1) is 0 Å². The number of hydrogen-bond donors (Lipinski definition) is 2. The Morgan fingerprint density at radius 3 is 2.63 bits per heavy atom. The van der Waals surface area contributed by atoms with E-state index in [1.165, 1.54) is 0 Å². The number of carboxylic acid groups (broad SMARTS) is 1. The zero-order chi connectivity index (χ0) is 14.4. The Balaban J connectivity index is 2.78. The van der Waals surface area contributed by atoms with E-state index in [0.29, 0.717) is 17.7 Å². The van der Waals surface area contributed by atoms with Crippen molar-refractivity contribution in [3.8, 4) is 0 Å². The number of nitrogens with one attached hydrogen (secondary N) is 1. The van der Waals surface area contributed by atoms with E-state index in [2.05, 4.69) is 21.2 Å². The number of rotatable bonds is 6. The molecule has 1 atom stereocenters. The number of benzene rings is 1. The molecule has 0 fully saturated rings. The molecule has 19 heavy (non-hydrogen) atoms. The highest BCUT2D eigenvalue weighted by Crippen LogP contribution is 2.15. The first-order valence-electron chi connectivity index (χ1n) is 5.74. The van der Waals surface area contributed by atoms with E-state index in [1.807, 2.05) is 19.2 Å². The highest BCUT2D eigenvalue weighted by atomic mass is 79.9. The van der Waals surface area contributed by atoms with Crippen molar-refractivity contribution < 1.29 is 14.7 Å². The second-order valence-corrected chi connectivity index (χ2v) is 6.06. The number of amides is 1. The maximum Gasteiger partial charge on any atom is 0.326 e. The Morgan fingerprint density at radius 2 is 2.11 bits per heavy atom. The maximum absolute atomic E-state index is 12.0. The second-order valence-electron chi connectivity index (χ2n) is 4.16. The molecule has 6 heteroatoms. The number of carbonyl (C=O) groups excluding carboxylic acids is 1. The van der Waals surface area contributed by atoms with Gasteiger partial charge in [-0.2, -0.15) is 11.8 Å². The fourth-order valence-electron chi connectivity index (χ4n) is 1.60. The number of thioether (sulfide) groups is 1. The zero-order valence-electron chi connectivity index (χ0n) is 10.8. The average molecular weight is 346 g/mol. The summed E-state index contributed by atoms with van der Waals surface area (Å²) in [5.74, 6) is -0.679. The summed E-state index contributed by atoms with van der Waals surface area (Å²) >= 11 is 4.87. The number of halogens is 1. The summed E-state index contributed by atoms with van der Waals surface area (Å²) in [6, 6.07) is 4.45. The topological polar surface area (TPSA) is 66.4 Å². The zero-order valence-corrected chi connectivity index (χ0v) is 13.2. The summed E-state index contributed by atoms with van der Waals surface area (Å²) in [5, 5.41) is 11.6. The van der Waals surface area contributed by atoms with Gasteiger partial charge in [-0.25, -0.2) is 4.79 Å². The van der Waals surface area contributed by atoms with Crippen molar-refractivity contribution in [3.05, 3.63) is 33.8 Å². The van der Waals surface area contributed by atoms with Gasteiger partial charge in [0.2, 0.25) is 0 Å². The molecule has 0 saturated carbocycles. The van der Waals surface area contributed by atoms with Gasteiger partial charge >= 0.3 is 5.97 Å². The van der Waals surface area contributed by atoms with E-state index in [-0.39, 0.29) is 5.91 Å². The van der Waals surface area contributed by atoms with Crippen LogP contribution in [0.4, 0.5) is 0 Å². The van der Waals surface area contributed by atoms with Crippen LogP contribution in [0.3, 0.4) is 0 Å². The molecule has 0 heterocycles. The highest BCUT2D eigenvalue weighted by Gasteiger charge is 2.20. The normalized spacial score (nSPS) is 11.9. The van der Waals surface area contributed by atoms with Crippen LogP contribution in [0.2, 0.25) is 0 Å². The Morgan fingerprint density at radius 1 is 1.42 bits per heavy atom. The number of carboxylic acids is 1. The Hall–Kier alpha value is -1.01. The van der Waals surface area contributed by atoms with Gasteiger partial charge in [0.05, 0.1) is 0 Å². The van der Waals surface area contributed by atoms with Crippen molar-refractivity contribution in [2.24, 2.45) is 0 Å². The number of carbonyl (C=O) groups is 2. The van der Waals surface area contributed by atoms with Gasteiger partial charge in [0, 0.05) is 10.0 Å². The third-order valence-corrected chi connectivity index (χ3v) is 3.62. The molecule has 0 aliphatic heterocycles. The molecule has 0 radical (unpaired) electrons. The van der Waals surface area contributed by atoms with Gasteiger partial charge in [-0.05, 0) is 49.1 Å². The molecule has 0 aromatic heterocycles. The largest absolute Gasteiger partial charge is 0.480 e. The Labute approximate surface area is 125 Å². The quantitative estimate of drug-likeness (QED) is 0.831. The third kappa shape index (κ3) is 5.24. The molecule has 1 rings (SSSR count). The third-order valence-electron chi connectivity index (χ3n) is 2.52. The molecule has 104 valence electrons. The standard InChI is InChI=1S/C13H16BrNO3S/c1-8-5-9(7-10(14)6-8)12(16)15-11(13(17)18)3-4-19-2/h5-7,11H,3-4H2,1-2H3,(H,15,16)(H,17,18)/t11-/m0/s1. The lowest BCUT2D eigenvalue weighted by Crippen LogP contribution is -2.41. The van der Waals surface area contributed by atoms with Crippen LogP contribution in [-0.4, -0.2) is 35.0 Å². The van der Waals surface area contributed by atoms with E-state index >= 15 is 0 Å². The summed E-state index contributed by atoms with van der Waals surface area (Å²) in [7, 11) is 0. The van der Waals surface area contributed by atoms with E-state index < -0.39 is 12.0 Å². The van der Waals surface area contributed by atoms with E-state index in [9.17, 15) is 9.59 Å². The molecule has 1 aromatic rings. The van der Waals surface area contributed by atoms with Gasteiger partial charge in [-0.3, -0.25) is 4.79 Å². The first-order chi connectivity index (χ1) is 8.93. The monoisotopic (exact) mass is 345 g/mol. The highest BCUT2D eigenvalue weighted by molar-refractivity contribution is 9.10. The summed E-state index contributed by atoms with van der Waals surface area (Å²) < 4.78 is 0.800. The lowest BCUT2D eigenvalue weighted by Gasteiger charge is -2.14. The molecule has 1 amide bonds. The van der Waals surface area contributed by atoms with Crippen molar-refractivity contribution in [1.29, 1.82) is 0 Å². The van der Waals surface area contributed by atoms with Gasteiger partial charge < -0.3 is 10.4 Å². The van der Waals surface area contributed by atoms with Crippen LogP contribution in [0.5, 0.6) is 0 Å². The Bertz CT molecular complexity index is 459. The van der Waals surface area contributed by atoms with Crippen LogP contribution in [0.15, 0.2) is 22.7 Å². The van der Waals surface area contributed by atoms with E-state index in [0.717, 1.165) is 10.0 Å². The molecule has 0 spiro atoms. The summed E-state index contributed by atoms with van der Waals surface area (Å²) in [4.78, 5) is 23.1. The molecule has 0 unspecified atom stereocenters. The SMILES string of the molecule is CSCC[C@H](NC(=O)c1cc(C)cc(Br)c1)C(=O)O. The molecule has 2 N–H and O–H groups in total. The first-order valence-corrected chi connectivity index (χ1v) is 7.92. The molecule has 0 bridgehead atoms. The smallest absolute Gasteiger partial charge is 0.326 e. The average Bonchev–Trinajstić information content (AvgIpc) is 2.32. The maximum atomic E-state index is 12.0. The number of aryl methyl sites for hydroxylation is 1. The second kappa shape index (κ2) is 7.55. The number of hydrogen-bond acceptors (Lipinski definition) is 3.